The summed E-state index contributed by atoms with van der Waals surface area (Å²) in [5.41, 5.74) is 1.15. The number of amides is 2. The molecule has 0 fully saturated rings. The van der Waals surface area contributed by atoms with Crippen LogP contribution in [-0.2, 0) is 15.9 Å². The summed E-state index contributed by atoms with van der Waals surface area (Å²) in [5.74, 6) is 0. The van der Waals surface area contributed by atoms with Crippen LogP contribution in [0.15, 0.2) is 24.3 Å². The van der Waals surface area contributed by atoms with Crippen molar-refractivity contribution in [2.45, 2.75) is 78.9 Å². The zero-order valence-corrected chi connectivity index (χ0v) is 17.2. The molecule has 0 aromatic heterocycles. The molecule has 0 radical (unpaired) electrons. The average Bonchev–Trinajstić information content (AvgIpc) is 2.43. The van der Waals surface area contributed by atoms with E-state index in [9.17, 15) is 9.59 Å². The molecule has 5 heteroatoms. The molecule has 0 heterocycles. The fourth-order valence-corrected chi connectivity index (χ4v) is 2.36. The molecule has 1 rings (SSSR count). The number of hydrogen-bond donors (Lipinski definition) is 0. The number of imide groups is 1. The molecule has 0 aliphatic heterocycles. The smallest absolute Gasteiger partial charge is 0.419 e. The third kappa shape index (κ3) is 8.88. The topological polar surface area (TPSA) is 55.8 Å². The molecular weight excluding hydrogens is 330 g/mol. The highest BCUT2D eigenvalue weighted by Crippen LogP contribution is 2.16. The lowest BCUT2D eigenvalue weighted by Crippen LogP contribution is -2.44. The van der Waals surface area contributed by atoms with Crippen LogP contribution in [0.3, 0.4) is 0 Å². The van der Waals surface area contributed by atoms with Crippen LogP contribution in [0.5, 0.6) is 0 Å². The van der Waals surface area contributed by atoms with Gasteiger partial charge in [0.2, 0.25) is 0 Å². The minimum atomic E-state index is -0.668. The molecule has 0 unspecified atom stereocenters. The zero-order chi connectivity index (χ0) is 20.0. The Bertz CT molecular complexity index is 583. The van der Waals surface area contributed by atoms with Gasteiger partial charge in [-0.2, -0.15) is 0 Å². The van der Waals surface area contributed by atoms with E-state index in [1.807, 2.05) is 6.07 Å². The van der Waals surface area contributed by atoms with Crippen LogP contribution in [-0.4, -0.2) is 34.8 Å². The van der Waals surface area contributed by atoms with Crippen LogP contribution < -0.4 is 0 Å². The Morgan fingerprint density at radius 3 is 1.92 bits per heavy atom. The lowest BCUT2D eigenvalue weighted by atomic mass is 10.1. The van der Waals surface area contributed by atoms with E-state index in [-0.39, 0.29) is 6.54 Å². The average molecular weight is 363 g/mol. The van der Waals surface area contributed by atoms with E-state index in [2.05, 4.69) is 25.1 Å². The molecule has 0 aliphatic carbocycles. The van der Waals surface area contributed by atoms with Crippen molar-refractivity contribution in [3.8, 4) is 0 Å². The van der Waals surface area contributed by atoms with Crippen LogP contribution in [0, 0.1) is 6.92 Å². The summed E-state index contributed by atoms with van der Waals surface area (Å²) in [6.07, 6.45) is 1.13. The summed E-state index contributed by atoms with van der Waals surface area (Å²) < 4.78 is 10.7. The van der Waals surface area contributed by atoms with E-state index >= 15 is 0 Å². The Kier molecular flexibility index (Phi) is 7.67. The lowest BCUT2D eigenvalue weighted by Gasteiger charge is -2.28. The van der Waals surface area contributed by atoms with Gasteiger partial charge in [-0.1, -0.05) is 29.8 Å². The number of carbonyl (C=O) groups excluding carboxylic acids is 2. The molecule has 26 heavy (non-hydrogen) atoms. The van der Waals surface area contributed by atoms with Gasteiger partial charge < -0.3 is 9.47 Å². The Balaban J connectivity index is 2.66. The Labute approximate surface area is 157 Å². The van der Waals surface area contributed by atoms with E-state index < -0.39 is 23.4 Å². The second-order valence-electron chi connectivity index (χ2n) is 8.56. The van der Waals surface area contributed by atoms with Crippen LogP contribution in [0.4, 0.5) is 9.59 Å². The summed E-state index contributed by atoms with van der Waals surface area (Å²) in [4.78, 5) is 25.9. The highest BCUT2D eigenvalue weighted by molar-refractivity contribution is 5.88. The van der Waals surface area contributed by atoms with Gasteiger partial charge in [-0.25, -0.2) is 14.5 Å². The number of benzene rings is 1. The van der Waals surface area contributed by atoms with Crippen molar-refractivity contribution in [2.24, 2.45) is 0 Å². The first-order chi connectivity index (χ1) is 11.9. The molecule has 0 atom stereocenters. The number of nitrogens with zero attached hydrogens (tertiary/aromatic N) is 1. The van der Waals surface area contributed by atoms with Gasteiger partial charge in [0.1, 0.15) is 11.2 Å². The summed E-state index contributed by atoms with van der Waals surface area (Å²) in [7, 11) is 0. The molecule has 1 aromatic rings. The maximum absolute atomic E-state index is 12.4. The molecule has 0 spiro atoms. The van der Waals surface area contributed by atoms with Crippen LogP contribution in [0.1, 0.15) is 65.5 Å². The first kappa shape index (κ1) is 22.0. The fourth-order valence-electron chi connectivity index (χ4n) is 2.36. The number of ether oxygens (including phenoxy) is 2. The third-order valence-corrected chi connectivity index (χ3v) is 3.41. The van der Waals surface area contributed by atoms with Gasteiger partial charge in [0.15, 0.2) is 0 Å². The summed E-state index contributed by atoms with van der Waals surface area (Å²) in [5, 5.41) is 0. The van der Waals surface area contributed by atoms with E-state index in [0.29, 0.717) is 6.42 Å². The normalized spacial score (nSPS) is 11.8. The molecule has 0 aliphatic rings. The molecule has 0 saturated heterocycles. The first-order valence-corrected chi connectivity index (χ1v) is 9.16. The number of hydrogen-bond acceptors (Lipinski definition) is 4. The van der Waals surface area contributed by atoms with Crippen LogP contribution >= 0.6 is 0 Å². The fraction of sp³-hybridized carbons (Fsp3) is 0.619. The van der Waals surface area contributed by atoms with E-state index in [4.69, 9.17) is 9.47 Å². The minimum absolute atomic E-state index is 0.273. The SMILES string of the molecule is Cc1cccc(CCCCN(C(=O)OC(C)(C)C)C(=O)OC(C)(C)C)c1. The van der Waals surface area contributed by atoms with Gasteiger partial charge in [0.25, 0.3) is 0 Å². The van der Waals surface area contributed by atoms with E-state index in [0.717, 1.165) is 17.7 Å². The molecule has 146 valence electrons. The molecular formula is C21H33NO4. The van der Waals surface area contributed by atoms with E-state index in [1.54, 1.807) is 41.5 Å². The number of rotatable bonds is 5. The Hall–Kier alpha value is -2.04. The lowest BCUT2D eigenvalue weighted by molar-refractivity contribution is 0.00122. The first-order valence-electron chi connectivity index (χ1n) is 9.16. The van der Waals surface area contributed by atoms with Gasteiger partial charge in [0, 0.05) is 6.54 Å². The maximum atomic E-state index is 12.4. The van der Waals surface area contributed by atoms with Crippen molar-refractivity contribution in [1.29, 1.82) is 0 Å². The molecule has 0 saturated carbocycles. The molecule has 2 amide bonds. The van der Waals surface area contributed by atoms with Gasteiger partial charge in [-0.05, 0) is 73.3 Å². The monoisotopic (exact) mass is 363 g/mol. The summed E-state index contributed by atoms with van der Waals surface area (Å²) in [6.45, 7) is 13.0. The molecule has 1 aromatic carbocycles. The highest BCUT2D eigenvalue weighted by atomic mass is 16.6. The summed E-state index contributed by atoms with van der Waals surface area (Å²) in [6, 6.07) is 8.35. The van der Waals surface area contributed by atoms with Crippen molar-refractivity contribution in [3.05, 3.63) is 35.4 Å². The number of carbonyl (C=O) groups is 2. The van der Waals surface area contributed by atoms with Gasteiger partial charge in [-0.15, -0.1) is 0 Å². The highest BCUT2D eigenvalue weighted by Gasteiger charge is 2.30. The molecule has 0 N–H and O–H groups in total. The standard InChI is InChI=1S/C21H33NO4/c1-16-11-10-13-17(15-16)12-8-9-14-22(18(23)25-20(2,3)4)19(24)26-21(5,6)7/h10-11,13,15H,8-9,12,14H2,1-7H3. The zero-order valence-electron chi connectivity index (χ0n) is 17.2. The van der Waals surface area contributed by atoms with Crippen molar-refractivity contribution in [1.82, 2.24) is 4.90 Å². The maximum Gasteiger partial charge on any atom is 0.419 e. The van der Waals surface area contributed by atoms with Gasteiger partial charge >= 0.3 is 12.2 Å². The Morgan fingerprint density at radius 2 is 1.46 bits per heavy atom. The van der Waals surface area contributed by atoms with Crippen molar-refractivity contribution >= 4 is 12.2 Å². The minimum Gasteiger partial charge on any atom is -0.443 e. The van der Waals surface area contributed by atoms with Crippen molar-refractivity contribution < 1.29 is 19.1 Å². The predicted octanol–water partition coefficient (Wildman–Crippen LogP) is 5.49. The molecule has 0 bridgehead atoms. The molecule has 5 nitrogen and oxygen atoms in total. The van der Waals surface area contributed by atoms with Crippen molar-refractivity contribution in [3.63, 3.8) is 0 Å². The van der Waals surface area contributed by atoms with Crippen LogP contribution in [0.2, 0.25) is 0 Å². The third-order valence-electron chi connectivity index (χ3n) is 3.41. The van der Waals surface area contributed by atoms with Gasteiger partial charge in [0.05, 0.1) is 0 Å². The quantitative estimate of drug-likeness (QED) is 0.649. The Morgan fingerprint density at radius 1 is 0.923 bits per heavy atom. The van der Waals surface area contributed by atoms with Crippen LogP contribution in [0.25, 0.3) is 0 Å². The summed E-state index contributed by atoms with van der Waals surface area (Å²) >= 11 is 0. The van der Waals surface area contributed by atoms with Crippen molar-refractivity contribution in [2.75, 3.05) is 6.54 Å². The predicted molar refractivity (Wildman–Crippen MR) is 103 cm³/mol. The largest absolute Gasteiger partial charge is 0.443 e. The second-order valence-corrected chi connectivity index (χ2v) is 8.56. The van der Waals surface area contributed by atoms with Gasteiger partial charge in [-0.3, -0.25) is 0 Å². The number of aryl methyl sites for hydroxylation is 2. The second kappa shape index (κ2) is 9.06. The van der Waals surface area contributed by atoms with E-state index in [1.165, 1.54) is 11.1 Å². The number of unbranched alkanes of at least 4 members (excludes halogenated alkanes) is 1.